The molecule has 5 heteroatoms. The van der Waals surface area contributed by atoms with Gasteiger partial charge in [-0.05, 0) is 37.6 Å². The second kappa shape index (κ2) is 5.66. The first kappa shape index (κ1) is 13.1. The second-order valence-corrected chi connectivity index (χ2v) is 6.42. The van der Waals surface area contributed by atoms with Crippen molar-refractivity contribution in [1.82, 2.24) is 10.3 Å². The van der Waals surface area contributed by atoms with Crippen molar-refractivity contribution < 1.29 is 9.47 Å². The number of fused-ring (bicyclic) bond motifs is 1. The molecule has 2 aliphatic rings. The number of aromatic nitrogens is 1. The van der Waals surface area contributed by atoms with E-state index >= 15 is 0 Å². The first-order valence-corrected chi connectivity index (χ1v) is 8.34. The molecule has 110 valence electrons. The van der Waals surface area contributed by atoms with Gasteiger partial charge in [0.05, 0.1) is 10.7 Å². The van der Waals surface area contributed by atoms with E-state index < -0.39 is 0 Å². The van der Waals surface area contributed by atoms with Gasteiger partial charge in [-0.15, -0.1) is 11.3 Å². The van der Waals surface area contributed by atoms with Crippen LogP contribution in [-0.4, -0.2) is 30.8 Å². The largest absolute Gasteiger partial charge is 0.486 e. The highest BCUT2D eigenvalue weighted by Crippen LogP contribution is 2.34. The van der Waals surface area contributed by atoms with Gasteiger partial charge in [-0.3, -0.25) is 0 Å². The average molecular weight is 302 g/mol. The smallest absolute Gasteiger partial charge is 0.162 e. The Morgan fingerprint density at radius 1 is 1.24 bits per heavy atom. The Bertz CT molecular complexity index is 635. The molecule has 0 saturated carbocycles. The number of rotatable bonds is 3. The van der Waals surface area contributed by atoms with E-state index in [1.54, 1.807) is 11.3 Å². The standard InChI is InChI=1S/C16H18N2O2S/c1-2-12(17-5-1)9-16-18-13(10-21-16)11-3-4-14-15(8-11)20-7-6-19-14/h3-4,8,10,12,17H,1-2,5-7,9H2. The highest BCUT2D eigenvalue weighted by atomic mass is 32.1. The van der Waals surface area contributed by atoms with E-state index in [0.29, 0.717) is 19.3 Å². The van der Waals surface area contributed by atoms with Gasteiger partial charge in [0.1, 0.15) is 13.2 Å². The molecule has 1 atom stereocenters. The molecular formula is C16H18N2O2S. The lowest BCUT2D eigenvalue weighted by Gasteiger charge is -2.18. The number of hydrogen-bond donors (Lipinski definition) is 1. The maximum Gasteiger partial charge on any atom is 0.162 e. The molecule has 21 heavy (non-hydrogen) atoms. The third-order valence-electron chi connectivity index (χ3n) is 3.97. The van der Waals surface area contributed by atoms with E-state index in [-0.39, 0.29) is 0 Å². The van der Waals surface area contributed by atoms with Gasteiger partial charge in [0.2, 0.25) is 0 Å². The average Bonchev–Trinajstić information content (AvgIpc) is 3.19. The van der Waals surface area contributed by atoms with Crippen LogP contribution >= 0.6 is 11.3 Å². The minimum Gasteiger partial charge on any atom is -0.486 e. The summed E-state index contributed by atoms with van der Waals surface area (Å²) in [6.07, 6.45) is 3.58. The summed E-state index contributed by atoms with van der Waals surface area (Å²) in [5.41, 5.74) is 2.13. The molecule has 0 radical (unpaired) electrons. The summed E-state index contributed by atoms with van der Waals surface area (Å²) in [5, 5.41) is 6.87. The number of ether oxygens (including phenoxy) is 2. The van der Waals surface area contributed by atoms with E-state index in [1.165, 1.54) is 17.8 Å². The maximum atomic E-state index is 5.64. The Balaban J connectivity index is 1.54. The summed E-state index contributed by atoms with van der Waals surface area (Å²) in [6.45, 7) is 2.39. The molecule has 2 aromatic rings. The number of thiazole rings is 1. The van der Waals surface area contributed by atoms with Crippen molar-refractivity contribution in [3.63, 3.8) is 0 Å². The first-order chi connectivity index (χ1) is 10.4. The number of nitrogens with one attached hydrogen (secondary N) is 1. The molecule has 1 unspecified atom stereocenters. The zero-order valence-corrected chi connectivity index (χ0v) is 12.6. The number of hydrogen-bond acceptors (Lipinski definition) is 5. The summed E-state index contributed by atoms with van der Waals surface area (Å²) in [4.78, 5) is 4.78. The van der Waals surface area contributed by atoms with Gasteiger partial charge in [-0.25, -0.2) is 4.98 Å². The van der Waals surface area contributed by atoms with Gasteiger partial charge in [0.15, 0.2) is 11.5 Å². The summed E-state index contributed by atoms with van der Waals surface area (Å²) in [7, 11) is 0. The Hall–Kier alpha value is -1.59. The molecule has 1 aromatic heterocycles. The minimum absolute atomic E-state index is 0.601. The van der Waals surface area contributed by atoms with Crippen LogP contribution in [0.2, 0.25) is 0 Å². The summed E-state index contributed by atoms with van der Waals surface area (Å²) >= 11 is 1.75. The van der Waals surface area contributed by atoms with Crippen LogP contribution in [0.4, 0.5) is 0 Å². The second-order valence-electron chi connectivity index (χ2n) is 5.48. The van der Waals surface area contributed by atoms with Crippen LogP contribution < -0.4 is 14.8 Å². The van der Waals surface area contributed by atoms with Crippen LogP contribution in [0.25, 0.3) is 11.3 Å². The van der Waals surface area contributed by atoms with Gasteiger partial charge in [0, 0.05) is 23.4 Å². The van der Waals surface area contributed by atoms with Crippen LogP contribution in [0.5, 0.6) is 11.5 Å². The first-order valence-electron chi connectivity index (χ1n) is 7.46. The van der Waals surface area contributed by atoms with Crippen LogP contribution in [0.15, 0.2) is 23.6 Å². The predicted molar refractivity (Wildman–Crippen MR) is 83.3 cm³/mol. The Labute approximate surface area is 128 Å². The van der Waals surface area contributed by atoms with Crippen molar-refractivity contribution in [3.05, 3.63) is 28.6 Å². The molecular weight excluding hydrogens is 284 g/mol. The van der Waals surface area contributed by atoms with Gasteiger partial charge >= 0.3 is 0 Å². The molecule has 0 amide bonds. The highest BCUT2D eigenvalue weighted by molar-refractivity contribution is 7.09. The van der Waals surface area contributed by atoms with E-state index in [9.17, 15) is 0 Å². The molecule has 4 rings (SSSR count). The van der Waals surface area contributed by atoms with Gasteiger partial charge in [-0.1, -0.05) is 0 Å². The molecule has 1 saturated heterocycles. The molecule has 2 aliphatic heterocycles. The third kappa shape index (κ3) is 2.76. The topological polar surface area (TPSA) is 43.4 Å². The monoisotopic (exact) mass is 302 g/mol. The predicted octanol–water partition coefficient (Wildman–Crippen LogP) is 2.88. The molecule has 4 nitrogen and oxygen atoms in total. The van der Waals surface area contributed by atoms with Crippen LogP contribution in [0.1, 0.15) is 17.8 Å². The molecule has 0 bridgehead atoms. The lowest BCUT2D eigenvalue weighted by Crippen LogP contribution is -2.23. The van der Waals surface area contributed by atoms with E-state index in [0.717, 1.165) is 35.7 Å². The van der Waals surface area contributed by atoms with E-state index in [2.05, 4.69) is 16.8 Å². The summed E-state index contributed by atoms with van der Waals surface area (Å²) in [6, 6.07) is 6.66. The fourth-order valence-electron chi connectivity index (χ4n) is 2.88. The fraction of sp³-hybridized carbons (Fsp3) is 0.438. The quantitative estimate of drug-likeness (QED) is 0.947. The Morgan fingerprint density at radius 3 is 3.00 bits per heavy atom. The zero-order valence-electron chi connectivity index (χ0n) is 11.8. The van der Waals surface area contributed by atoms with Crippen molar-refractivity contribution in [1.29, 1.82) is 0 Å². The highest BCUT2D eigenvalue weighted by Gasteiger charge is 2.17. The van der Waals surface area contributed by atoms with Crippen molar-refractivity contribution in [3.8, 4) is 22.8 Å². The summed E-state index contributed by atoms with van der Waals surface area (Å²) in [5.74, 6) is 1.65. The van der Waals surface area contributed by atoms with Crippen molar-refractivity contribution in [2.45, 2.75) is 25.3 Å². The normalized spacial score (nSPS) is 20.7. The fourth-order valence-corrected chi connectivity index (χ4v) is 3.77. The van der Waals surface area contributed by atoms with Crippen molar-refractivity contribution in [2.75, 3.05) is 19.8 Å². The number of nitrogens with zero attached hydrogens (tertiary/aromatic N) is 1. The van der Waals surface area contributed by atoms with E-state index in [1.807, 2.05) is 12.1 Å². The number of benzene rings is 1. The lowest BCUT2D eigenvalue weighted by molar-refractivity contribution is 0.171. The Morgan fingerprint density at radius 2 is 2.14 bits per heavy atom. The zero-order chi connectivity index (χ0) is 14.1. The molecule has 1 fully saturated rings. The van der Waals surface area contributed by atoms with Crippen molar-refractivity contribution >= 4 is 11.3 Å². The molecule has 3 heterocycles. The minimum atomic E-state index is 0.601. The third-order valence-corrected chi connectivity index (χ3v) is 4.84. The van der Waals surface area contributed by atoms with Gasteiger partial charge in [-0.2, -0.15) is 0 Å². The Kier molecular flexibility index (Phi) is 3.53. The van der Waals surface area contributed by atoms with Crippen LogP contribution in [-0.2, 0) is 6.42 Å². The SMILES string of the molecule is c1cc2c(cc1-c1csc(CC3CCCN3)n1)OCCO2. The lowest BCUT2D eigenvalue weighted by atomic mass is 10.1. The molecule has 1 aromatic carbocycles. The molecule has 1 N–H and O–H groups in total. The van der Waals surface area contributed by atoms with Crippen LogP contribution in [0, 0.1) is 0 Å². The molecule has 0 spiro atoms. The van der Waals surface area contributed by atoms with Gasteiger partial charge < -0.3 is 14.8 Å². The van der Waals surface area contributed by atoms with Gasteiger partial charge in [0.25, 0.3) is 0 Å². The van der Waals surface area contributed by atoms with E-state index in [4.69, 9.17) is 14.5 Å². The van der Waals surface area contributed by atoms with Crippen LogP contribution in [0.3, 0.4) is 0 Å². The van der Waals surface area contributed by atoms with Crippen molar-refractivity contribution in [2.24, 2.45) is 0 Å². The maximum absolute atomic E-state index is 5.64. The summed E-state index contributed by atoms with van der Waals surface area (Å²) < 4.78 is 11.2. The molecule has 0 aliphatic carbocycles.